The molecule has 124 valence electrons. The van der Waals surface area contributed by atoms with Crippen LogP contribution in [0.5, 0.6) is 0 Å². The zero-order valence-corrected chi connectivity index (χ0v) is 13.6. The van der Waals surface area contributed by atoms with Crippen molar-refractivity contribution in [2.45, 2.75) is 30.7 Å². The number of hydrogen-bond acceptors (Lipinski definition) is 5. The molecular weight excluding hydrogens is 318 g/mol. The third-order valence-electron chi connectivity index (χ3n) is 4.19. The molecule has 0 saturated carbocycles. The molecule has 1 aromatic carbocycles. The highest BCUT2D eigenvalue weighted by molar-refractivity contribution is 7.90. The standard InChI is InChI=1S/C15H19N3O4S/c1-2-18-15(20)12-6-5-10(8-13(12)23(18,21)22)14(19)17-11-4-3-7-16-9-11/h5-6,8,11,16H,2-4,7,9H2,1H3,(H,17,19)/t11-/m0/s1. The molecule has 1 atom stereocenters. The van der Waals surface area contributed by atoms with Gasteiger partial charge in [0.05, 0.1) is 5.56 Å². The molecule has 2 heterocycles. The predicted octanol–water partition coefficient (Wildman–Crippen LogP) is 0.333. The van der Waals surface area contributed by atoms with Gasteiger partial charge in [0.25, 0.3) is 21.8 Å². The van der Waals surface area contributed by atoms with E-state index >= 15 is 0 Å². The lowest BCUT2D eigenvalue weighted by atomic mass is 10.1. The van der Waals surface area contributed by atoms with E-state index in [4.69, 9.17) is 0 Å². The second-order valence-electron chi connectivity index (χ2n) is 5.70. The van der Waals surface area contributed by atoms with Gasteiger partial charge in [0.15, 0.2) is 0 Å². The minimum absolute atomic E-state index is 0.0369. The zero-order chi connectivity index (χ0) is 16.6. The SMILES string of the molecule is CCN1C(=O)c2ccc(C(=O)N[C@H]3CCCNC3)cc2S1(=O)=O. The summed E-state index contributed by atoms with van der Waals surface area (Å²) in [5, 5.41) is 6.10. The first-order valence-corrected chi connectivity index (χ1v) is 9.12. The molecule has 23 heavy (non-hydrogen) atoms. The second kappa shape index (κ2) is 5.93. The number of piperidine rings is 1. The fraction of sp³-hybridized carbons (Fsp3) is 0.467. The monoisotopic (exact) mass is 337 g/mol. The van der Waals surface area contributed by atoms with Crippen LogP contribution in [0.4, 0.5) is 0 Å². The number of nitrogens with one attached hydrogen (secondary N) is 2. The molecule has 1 fully saturated rings. The number of carbonyl (C=O) groups is 2. The van der Waals surface area contributed by atoms with Gasteiger partial charge in [0.1, 0.15) is 4.90 Å². The summed E-state index contributed by atoms with van der Waals surface area (Å²) >= 11 is 0. The predicted molar refractivity (Wildman–Crippen MR) is 83.7 cm³/mol. The number of benzene rings is 1. The van der Waals surface area contributed by atoms with Crippen LogP contribution in [0.3, 0.4) is 0 Å². The molecule has 7 nitrogen and oxygen atoms in total. The van der Waals surface area contributed by atoms with Gasteiger partial charge in [-0.3, -0.25) is 9.59 Å². The van der Waals surface area contributed by atoms with Crippen molar-refractivity contribution in [3.05, 3.63) is 29.3 Å². The lowest BCUT2D eigenvalue weighted by Gasteiger charge is -2.23. The lowest BCUT2D eigenvalue weighted by Crippen LogP contribution is -2.45. The van der Waals surface area contributed by atoms with Crippen LogP contribution in [0, 0.1) is 0 Å². The van der Waals surface area contributed by atoms with Crippen LogP contribution in [0.15, 0.2) is 23.1 Å². The van der Waals surface area contributed by atoms with Crippen molar-refractivity contribution >= 4 is 21.8 Å². The van der Waals surface area contributed by atoms with Crippen molar-refractivity contribution in [3.63, 3.8) is 0 Å². The van der Waals surface area contributed by atoms with E-state index in [0.29, 0.717) is 6.54 Å². The van der Waals surface area contributed by atoms with E-state index in [2.05, 4.69) is 10.6 Å². The fourth-order valence-corrected chi connectivity index (χ4v) is 4.58. The molecule has 3 rings (SSSR count). The molecule has 1 saturated heterocycles. The van der Waals surface area contributed by atoms with Gasteiger partial charge >= 0.3 is 0 Å². The Bertz CT molecular complexity index is 754. The average molecular weight is 337 g/mol. The smallest absolute Gasteiger partial charge is 0.268 e. The van der Waals surface area contributed by atoms with Crippen molar-refractivity contribution in [1.82, 2.24) is 14.9 Å². The van der Waals surface area contributed by atoms with Gasteiger partial charge in [-0.2, -0.15) is 0 Å². The topological polar surface area (TPSA) is 95.6 Å². The minimum atomic E-state index is -3.84. The average Bonchev–Trinajstić information content (AvgIpc) is 2.74. The zero-order valence-electron chi connectivity index (χ0n) is 12.8. The van der Waals surface area contributed by atoms with Gasteiger partial charge in [0.2, 0.25) is 0 Å². The Morgan fingerprint density at radius 3 is 2.87 bits per heavy atom. The summed E-state index contributed by atoms with van der Waals surface area (Å²) in [6.07, 6.45) is 1.88. The first kappa shape index (κ1) is 15.9. The summed E-state index contributed by atoms with van der Waals surface area (Å²) < 4.78 is 25.5. The third-order valence-corrected chi connectivity index (χ3v) is 6.09. The highest BCUT2D eigenvalue weighted by Gasteiger charge is 2.40. The number of sulfonamides is 1. The molecule has 8 heteroatoms. The summed E-state index contributed by atoms with van der Waals surface area (Å²) in [6, 6.07) is 4.24. The van der Waals surface area contributed by atoms with Crippen molar-refractivity contribution in [2.75, 3.05) is 19.6 Å². The molecule has 1 aromatic rings. The maximum Gasteiger partial charge on any atom is 0.268 e. The van der Waals surface area contributed by atoms with Gasteiger partial charge in [-0.1, -0.05) is 0 Å². The summed E-state index contributed by atoms with van der Waals surface area (Å²) in [6.45, 7) is 3.33. The van der Waals surface area contributed by atoms with Crippen LogP contribution in [-0.4, -0.2) is 50.2 Å². The van der Waals surface area contributed by atoms with E-state index in [1.807, 2.05) is 0 Å². The Kier molecular flexibility index (Phi) is 4.11. The van der Waals surface area contributed by atoms with Crippen LogP contribution in [0.25, 0.3) is 0 Å². The second-order valence-corrected chi connectivity index (χ2v) is 7.53. The first-order chi connectivity index (χ1) is 10.9. The van der Waals surface area contributed by atoms with Crippen LogP contribution in [-0.2, 0) is 10.0 Å². The largest absolute Gasteiger partial charge is 0.348 e. The molecule has 2 N–H and O–H groups in total. The molecule has 0 radical (unpaired) electrons. The fourth-order valence-electron chi connectivity index (χ4n) is 2.97. The normalized spacial score (nSPS) is 22.7. The molecule has 0 spiro atoms. The van der Waals surface area contributed by atoms with Gasteiger partial charge in [0, 0.05) is 24.7 Å². The number of fused-ring (bicyclic) bond motifs is 1. The minimum Gasteiger partial charge on any atom is -0.348 e. The van der Waals surface area contributed by atoms with E-state index < -0.39 is 15.9 Å². The van der Waals surface area contributed by atoms with Gasteiger partial charge < -0.3 is 10.6 Å². The molecule has 0 aromatic heterocycles. The summed E-state index contributed by atoms with van der Waals surface area (Å²) in [7, 11) is -3.84. The summed E-state index contributed by atoms with van der Waals surface area (Å²) in [5.74, 6) is -0.856. The Labute approximate surface area is 135 Å². The summed E-state index contributed by atoms with van der Waals surface area (Å²) in [5.41, 5.74) is 0.381. The quantitative estimate of drug-likeness (QED) is 0.829. The molecule has 2 amide bonds. The van der Waals surface area contributed by atoms with E-state index in [1.165, 1.54) is 18.2 Å². The maximum atomic E-state index is 12.4. The van der Waals surface area contributed by atoms with Crippen LogP contribution in [0.1, 0.15) is 40.5 Å². The van der Waals surface area contributed by atoms with Crippen LogP contribution >= 0.6 is 0 Å². The van der Waals surface area contributed by atoms with E-state index in [1.54, 1.807) is 6.92 Å². The number of nitrogens with zero attached hydrogens (tertiary/aromatic N) is 1. The number of hydrogen-bond donors (Lipinski definition) is 2. The molecule has 0 bridgehead atoms. The lowest BCUT2D eigenvalue weighted by molar-refractivity contribution is 0.0873. The highest BCUT2D eigenvalue weighted by Crippen LogP contribution is 2.30. The molecule has 0 aliphatic carbocycles. The Morgan fingerprint density at radius 1 is 1.43 bits per heavy atom. The maximum absolute atomic E-state index is 12.4. The summed E-state index contributed by atoms with van der Waals surface area (Å²) in [4.78, 5) is 24.3. The Morgan fingerprint density at radius 2 is 2.22 bits per heavy atom. The van der Waals surface area contributed by atoms with Crippen molar-refractivity contribution in [3.8, 4) is 0 Å². The number of carbonyl (C=O) groups excluding carboxylic acids is 2. The highest BCUT2D eigenvalue weighted by atomic mass is 32.2. The first-order valence-electron chi connectivity index (χ1n) is 7.68. The van der Waals surface area contributed by atoms with Gasteiger partial charge in [-0.15, -0.1) is 0 Å². The number of amides is 2. The van der Waals surface area contributed by atoms with Crippen LogP contribution in [0.2, 0.25) is 0 Å². The van der Waals surface area contributed by atoms with E-state index in [0.717, 1.165) is 23.7 Å². The number of rotatable bonds is 3. The van der Waals surface area contributed by atoms with Crippen LogP contribution < -0.4 is 10.6 Å². The Balaban J connectivity index is 1.87. The Hall–Kier alpha value is -1.93. The van der Waals surface area contributed by atoms with Crippen molar-refractivity contribution in [2.24, 2.45) is 0 Å². The van der Waals surface area contributed by atoms with Crippen molar-refractivity contribution < 1.29 is 18.0 Å². The van der Waals surface area contributed by atoms with Gasteiger partial charge in [-0.05, 0) is 44.5 Å². The molecule has 0 unspecified atom stereocenters. The third kappa shape index (κ3) is 2.72. The molecule has 2 aliphatic rings. The van der Waals surface area contributed by atoms with E-state index in [-0.39, 0.29) is 34.5 Å². The van der Waals surface area contributed by atoms with Gasteiger partial charge in [-0.25, -0.2) is 12.7 Å². The molecular formula is C15H19N3O4S. The molecule has 2 aliphatic heterocycles. The van der Waals surface area contributed by atoms with Crippen molar-refractivity contribution in [1.29, 1.82) is 0 Å². The van der Waals surface area contributed by atoms with E-state index in [9.17, 15) is 18.0 Å².